The molecule has 0 spiro atoms. The summed E-state index contributed by atoms with van der Waals surface area (Å²) in [6, 6.07) is 6.74. The molecule has 0 aliphatic rings. The van der Waals surface area contributed by atoms with Crippen molar-refractivity contribution in [1.29, 1.82) is 0 Å². The number of hydrogen-bond acceptors (Lipinski definition) is 4. The molecule has 0 bridgehead atoms. The van der Waals surface area contributed by atoms with Crippen molar-refractivity contribution in [3.05, 3.63) is 29.8 Å². The van der Waals surface area contributed by atoms with E-state index in [1.54, 1.807) is 38.1 Å². The molecule has 1 aromatic carbocycles. The molecule has 0 unspecified atom stereocenters. The van der Waals surface area contributed by atoms with Crippen LogP contribution >= 0.6 is 12.4 Å². The van der Waals surface area contributed by atoms with Crippen LogP contribution in [-0.4, -0.2) is 31.1 Å². The lowest BCUT2D eigenvalue weighted by atomic mass is 10.2. The summed E-state index contributed by atoms with van der Waals surface area (Å²) in [7, 11) is 0. The van der Waals surface area contributed by atoms with Gasteiger partial charge in [-0.25, -0.2) is 4.79 Å². The van der Waals surface area contributed by atoms with Crippen molar-refractivity contribution >= 4 is 30.0 Å². The second-order valence-corrected chi connectivity index (χ2v) is 5.61. The van der Waals surface area contributed by atoms with Gasteiger partial charge in [0.1, 0.15) is 0 Å². The molecule has 1 aromatic rings. The third-order valence-electron chi connectivity index (χ3n) is 2.56. The van der Waals surface area contributed by atoms with Gasteiger partial charge in [-0.1, -0.05) is 19.9 Å². The zero-order chi connectivity index (χ0) is 15.8. The van der Waals surface area contributed by atoms with Crippen LogP contribution in [0.15, 0.2) is 24.3 Å². The summed E-state index contributed by atoms with van der Waals surface area (Å²) in [5, 5.41) is 5.82. The number of carbonyl (C=O) groups is 2. The lowest BCUT2D eigenvalue weighted by Crippen LogP contribution is -2.30. The molecule has 124 valence electrons. The van der Waals surface area contributed by atoms with Gasteiger partial charge in [0.25, 0.3) is 0 Å². The van der Waals surface area contributed by atoms with E-state index in [2.05, 4.69) is 24.5 Å². The maximum Gasteiger partial charge on any atom is 0.338 e. The van der Waals surface area contributed by atoms with Crippen molar-refractivity contribution in [2.75, 3.05) is 18.4 Å². The number of esters is 1. The number of benzene rings is 1. The van der Waals surface area contributed by atoms with Crippen molar-refractivity contribution < 1.29 is 14.3 Å². The molecule has 0 saturated carbocycles. The minimum absolute atomic E-state index is 0. The van der Waals surface area contributed by atoms with E-state index in [0.29, 0.717) is 17.2 Å². The smallest absolute Gasteiger partial charge is 0.338 e. The molecule has 0 aliphatic heterocycles. The molecule has 0 fully saturated rings. The highest BCUT2D eigenvalue weighted by Crippen LogP contribution is 2.12. The fraction of sp³-hybridized carbons (Fsp3) is 0.500. The molecule has 1 rings (SSSR count). The molecule has 1 amide bonds. The summed E-state index contributed by atoms with van der Waals surface area (Å²) in [5.41, 5.74) is 1.01. The number of anilines is 1. The van der Waals surface area contributed by atoms with Gasteiger partial charge in [-0.2, -0.15) is 0 Å². The highest BCUT2D eigenvalue weighted by Gasteiger charge is 2.10. The number of rotatable bonds is 7. The SMILES string of the molecule is CC(C)CNCC(=O)Nc1cccc(C(=O)OC(C)C)c1.Cl. The van der Waals surface area contributed by atoms with Gasteiger partial charge in [0.15, 0.2) is 0 Å². The van der Waals surface area contributed by atoms with E-state index in [1.807, 2.05) is 0 Å². The molecule has 0 saturated heterocycles. The van der Waals surface area contributed by atoms with E-state index in [1.165, 1.54) is 0 Å². The second kappa shape index (κ2) is 10.2. The van der Waals surface area contributed by atoms with Crippen LogP contribution in [0.2, 0.25) is 0 Å². The molecule has 5 nitrogen and oxygen atoms in total. The summed E-state index contributed by atoms with van der Waals surface area (Å²) in [5.74, 6) is -0.0315. The fourth-order valence-corrected chi connectivity index (χ4v) is 1.69. The number of hydrogen-bond donors (Lipinski definition) is 2. The summed E-state index contributed by atoms with van der Waals surface area (Å²) in [6.07, 6.45) is -0.170. The number of amides is 1. The molecule has 2 N–H and O–H groups in total. The predicted octanol–water partition coefficient (Wildman–Crippen LogP) is 2.86. The van der Waals surface area contributed by atoms with Crippen molar-refractivity contribution in [2.45, 2.75) is 33.8 Å². The molecule has 22 heavy (non-hydrogen) atoms. The maximum absolute atomic E-state index is 11.8. The van der Waals surface area contributed by atoms with Gasteiger partial charge in [0, 0.05) is 5.69 Å². The summed E-state index contributed by atoms with van der Waals surface area (Å²) < 4.78 is 5.12. The Morgan fingerprint density at radius 1 is 1.18 bits per heavy atom. The summed E-state index contributed by atoms with van der Waals surface area (Å²) in [4.78, 5) is 23.6. The topological polar surface area (TPSA) is 67.4 Å². The van der Waals surface area contributed by atoms with E-state index in [9.17, 15) is 9.59 Å². The first-order chi connectivity index (χ1) is 9.88. The van der Waals surface area contributed by atoms with Crippen LogP contribution in [0, 0.1) is 5.92 Å². The van der Waals surface area contributed by atoms with Crippen LogP contribution in [0.4, 0.5) is 5.69 Å². The number of carbonyl (C=O) groups excluding carboxylic acids is 2. The Hall–Kier alpha value is -1.59. The monoisotopic (exact) mass is 328 g/mol. The first-order valence-corrected chi connectivity index (χ1v) is 7.20. The van der Waals surface area contributed by atoms with Crippen LogP contribution in [-0.2, 0) is 9.53 Å². The van der Waals surface area contributed by atoms with Crippen LogP contribution in [0.3, 0.4) is 0 Å². The van der Waals surface area contributed by atoms with E-state index in [-0.39, 0.29) is 36.9 Å². The Balaban J connectivity index is 0.00000441. The van der Waals surface area contributed by atoms with Crippen LogP contribution in [0.25, 0.3) is 0 Å². The van der Waals surface area contributed by atoms with Crippen molar-refractivity contribution in [3.63, 3.8) is 0 Å². The molecule has 0 radical (unpaired) electrons. The Labute approximate surface area is 138 Å². The second-order valence-electron chi connectivity index (χ2n) is 5.61. The molecule has 0 atom stereocenters. The van der Waals surface area contributed by atoms with E-state index in [0.717, 1.165) is 6.54 Å². The van der Waals surface area contributed by atoms with Gasteiger partial charge in [0.05, 0.1) is 18.2 Å². The van der Waals surface area contributed by atoms with Gasteiger partial charge < -0.3 is 15.4 Å². The first kappa shape index (κ1) is 20.4. The fourth-order valence-electron chi connectivity index (χ4n) is 1.69. The average molecular weight is 329 g/mol. The Kier molecular flexibility index (Phi) is 9.45. The summed E-state index contributed by atoms with van der Waals surface area (Å²) >= 11 is 0. The minimum Gasteiger partial charge on any atom is -0.459 e. The van der Waals surface area contributed by atoms with Crippen molar-refractivity contribution in [1.82, 2.24) is 5.32 Å². The Morgan fingerprint density at radius 2 is 1.86 bits per heavy atom. The maximum atomic E-state index is 11.8. The van der Waals surface area contributed by atoms with E-state index >= 15 is 0 Å². The number of ether oxygens (including phenoxy) is 1. The van der Waals surface area contributed by atoms with Crippen LogP contribution in [0.1, 0.15) is 38.1 Å². The van der Waals surface area contributed by atoms with E-state index in [4.69, 9.17) is 4.74 Å². The number of halogens is 1. The lowest BCUT2D eigenvalue weighted by Gasteiger charge is -2.10. The van der Waals surface area contributed by atoms with Gasteiger partial charge in [-0.3, -0.25) is 4.79 Å². The Morgan fingerprint density at radius 3 is 2.45 bits per heavy atom. The largest absolute Gasteiger partial charge is 0.459 e. The van der Waals surface area contributed by atoms with Gasteiger partial charge in [-0.05, 0) is 44.5 Å². The van der Waals surface area contributed by atoms with Gasteiger partial charge in [0.2, 0.25) is 5.91 Å². The van der Waals surface area contributed by atoms with Crippen LogP contribution < -0.4 is 10.6 Å². The highest BCUT2D eigenvalue weighted by atomic mass is 35.5. The third-order valence-corrected chi connectivity index (χ3v) is 2.56. The number of nitrogens with one attached hydrogen (secondary N) is 2. The molecular weight excluding hydrogens is 304 g/mol. The summed E-state index contributed by atoms with van der Waals surface area (Å²) in [6.45, 7) is 8.78. The zero-order valence-electron chi connectivity index (χ0n) is 13.5. The van der Waals surface area contributed by atoms with Gasteiger partial charge in [-0.15, -0.1) is 12.4 Å². The molecular formula is C16H25ClN2O3. The molecule has 0 aliphatic carbocycles. The molecule has 6 heteroatoms. The predicted molar refractivity (Wildman–Crippen MR) is 90.6 cm³/mol. The van der Waals surface area contributed by atoms with E-state index < -0.39 is 0 Å². The quantitative estimate of drug-likeness (QED) is 0.755. The Bertz CT molecular complexity index is 490. The van der Waals surface area contributed by atoms with Crippen molar-refractivity contribution in [2.24, 2.45) is 5.92 Å². The third kappa shape index (κ3) is 8.00. The highest BCUT2D eigenvalue weighted by molar-refractivity contribution is 5.95. The molecule has 0 aromatic heterocycles. The first-order valence-electron chi connectivity index (χ1n) is 7.20. The minimum atomic E-state index is -0.390. The standard InChI is InChI=1S/C16H24N2O3.ClH/c1-11(2)9-17-10-15(19)18-14-7-5-6-13(8-14)16(20)21-12(3)4;/h5-8,11-12,17H,9-10H2,1-4H3,(H,18,19);1H. The normalized spacial score (nSPS) is 10.3. The van der Waals surface area contributed by atoms with Crippen molar-refractivity contribution in [3.8, 4) is 0 Å². The molecule has 0 heterocycles. The zero-order valence-corrected chi connectivity index (χ0v) is 14.3. The van der Waals surface area contributed by atoms with Gasteiger partial charge >= 0.3 is 5.97 Å². The lowest BCUT2D eigenvalue weighted by molar-refractivity contribution is -0.115. The van der Waals surface area contributed by atoms with Crippen LogP contribution in [0.5, 0.6) is 0 Å². The average Bonchev–Trinajstić information content (AvgIpc) is 2.37.